The molecule has 0 aliphatic carbocycles. The van der Waals surface area contributed by atoms with Crippen molar-refractivity contribution in [3.8, 4) is 5.75 Å². The van der Waals surface area contributed by atoms with Crippen molar-refractivity contribution in [2.75, 3.05) is 18.5 Å². The monoisotopic (exact) mass is 367 g/mol. The first-order chi connectivity index (χ1) is 11.5. The third-order valence-corrected chi connectivity index (χ3v) is 3.75. The molecule has 0 aromatic heterocycles. The highest BCUT2D eigenvalue weighted by atomic mass is 35.5. The standard InChI is InChI=1S/C18H19Cl2NO3/c1-3-23-17-13(9-14(19)10-16(17)20)11-21-15-7-5-12(6-8-15)18(22)24-4-2/h5-10,21H,3-4,11H2,1-2H3. The molecule has 0 radical (unpaired) electrons. The van der Waals surface area contributed by atoms with Crippen molar-refractivity contribution in [3.05, 3.63) is 57.6 Å². The van der Waals surface area contributed by atoms with Crippen LogP contribution >= 0.6 is 23.2 Å². The summed E-state index contributed by atoms with van der Waals surface area (Å²) in [5.74, 6) is 0.295. The van der Waals surface area contributed by atoms with Crippen molar-refractivity contribution in [1.29, 1.82) is 0 Å². The first-order valence-electron chi connectivity index (χ1n) is 7.67. The fourth-order valence-electron chi connectivity index (χ4n) is 2.19. The molecule has 0 atom stereocenters. The third-order valence-electron chi connectivity index (χ3n) is 3.25. The summed E-state index contributed by atoms with van der Waals surface area (Å²) >= 11 is 12.3. The molecule has 128 valence electrons. The van der Waals surface area contributed by atoms with Gasteiger partial charge in [0.2, 0.25) is 0 Å². The quantitative estimate of drug-likeness (QED) is 0.684. The van der Waals surface area contributed by atoms with Crippen molar-refractivity contribution >= 4 is 34.9 Å². The molecular formula is C18H19Cl2NO3. The number of hydrogen-bond acceptors (Lipinski definition) is 4. The van der Waals surface area contributed by atoms with Gasteiger partial charge in [0.15, 0.2) is 0 Å². The van der Waals surface area contributed by atoms with E-state index in [0.717, 1.165) is 11.3 Å². The van der Waals surface area contributed by atoms with Crippen LogP contribution in [0, 0.1) is 0 Å². The number of carbonyl (C=O) groups excluding carboxylic acids is 1. The smallest absolute Gasteiger partial charge is 0.338 e. The summed E-state index contributed by atoms with van der Waals surface area (Å²) in [6.45, 7) is 5.04. The van der Waals surface area contributed by atoms with Crippen LogP contribution in [0.3, 0.4) is 0 Å². The molecule has 2 aromatic rings. The highest BCUT2D eigenvalue weighted by Crippen LogP contribution is 2.33. The number of esters is 1. The first-order valence-corrected chi connectivity index (χ1v) is 8.42. The van der Waals surface area contributed by atoms with Gasteiger partial charge in [0.25, 0.3) is 0 Å². The molecule has 4 nitrogen and oxygen atoms in total. The van der Waals surface area contributed by atoms with Crippen LogP contribution in [-0.4, -0.2) is 19.2 Å². The predicted molar refractivity (Wildman–Crippen MR) is 97.4 cm³/mol. The van der Waals surface area contributed by atoms with E-state index in [1.165, 1.54) is 0 Å². The lowest BCUT2D eigenvalue weighted by Gasteiger charge is -2.14. The fourth-order valence-corrected chi connectivity index (χ4v) is 2.78. The molecule has 1 N–H and O–H groups in total. The Balaban J connectivity index is 2.09. The normalized spacial score (nSPS) is 10.3. The Kier molecular flexibility index (Phi) is 6.76. The number of benzene rings is 2. The number of ether oxygens (including phenoxy) is 2. The number of anilines is 1. The minimum absolute atomic E-state index is 0.329. The second kappa shape index (κ2) is 8.81. The van der Waals surface area contributed by atoms with Gasteiger partial charge in [-0.05, 0) is 50.2 Å². The summed E-state index contributed by atoms with van der Waals surface area (Å²) in [5, 5.41) is 4.30. The number of halogens is 2. The summed E-state index contributed by atoms with van der Waals surface area (Å²) in [6, 6.07) is 10.5. The van der Waals surface area contributed by atoms with Crippen LogP contribution in [0.2, 0.25) is 10.0 Å². The van der Waals surface area contributed by atoms with Gasteiger partial charge >= 0.3 is 5.97 Å². The van der Waals surface area contributed by atoms with Gasteiger partial charge in [-0.15, -0.1) is 0 Å². The Labute approximate surface area is 151 Å². The number of rotatable bonds is 7. The van der Waals surface area contributed by atoms with Gasteiger partial charge in [-0.3, -0.25) is 0 Å². The molecule has 0 bridgehead atoms. The molecule has 0 saturated heterocycles. The molecule has 2 rings (SSSR count). The van der Waals surface area contributed by atoms with Gasteiger partial charge in [0, 0.05) is 22.8 Å². The van der Waals surface area contributed by atoms with E-state index in [1.807, 2.05) is 25.1 Å². The Morgan fingerprint density at radius 3 is 2.42 bits per heavy atom. The van der Waals surface area contributed by atoms with Gasteiger partial charge in [-0.1, -0.05) is 23.2 Å². The summed E-state index contributed by atoms with van der Waals surface area (Å²) in [7, 11) is 0. The van der Waals surface area contributed by atoms with Crippen molar-refractivity contribution in [2.24, 2.45) is 0 Å². The minimum Gasteiger partial charge on any atom is -0.492 e. The molecule has 6 heteroatoms. The van der Waals surface area contributed by atoms with Crippen LogP contribution in [0.5, 0.6) is 5.75 Å². The molecule has 0 aliphatic heterocycles. The van der Waals surface area contributed by atoms with Gasteiger partial charge in [0.1, 0.15) is 5.75 Å². The van der Waals surface area contributed by atoms with Crippen LogP contribution in [-0.2, 0) is 11.3 Å². The van der Waals surface area contributed by atoms with E-state index >= 15 is 0 Å². The van der Waals surface area contributed by atoms with Crippen LogP contribution < -0.4 is 10.1 Å². The SMILES string of the molecule is CCOC(=O)c1ccc(NCc2cc(Cl)cc(Cl)c2OCC)cc1. The van der Waals surface area contributed by atoms with Crippen molar-refractivity contribution in [2.45, 2.75) is 20.4 Å². The average Bonchev–Trinajstić information content (AvgIpc) is 2.56. The van der Waals surface area contributed by atoms with E-state index in [1.54, 1.807) is 25.1 Å². The molecule has 2 aromatic carbocycles. The second-order valence-corrected chi connectivity index (χ2v) is 5.80. The lowest BCUT2D eigenvalue weighted by Crippen LogP contribution is -2.06. The molecule has 0 spiro atoms. The van der Waals surface area contributed by atoms with E-state index in [-0.39, 0.29) is 5.97 Å². The lowest BCUT2D eigenvalue weighted by molar-refractivity contribution is 0.0526. The average molecular weight is 368 g/mol. The lowest BCUT2D eigenvalue weighted by atomic mass is 10.1. The Morgan fingerprint density at radius 2 is 1.79 bits per heavy atom. The van der Waals surface area contributed by atoms with Gasteiger partial charge < -0.3 is 14.8 Å². The maximum atomic E-state index is 11.6. The Bertz CT molecular complexity index is 702. The Morgan fingerprint density at radius 1 is 1.08 bits per heavy atom. The molecular weight excluding hydrogens is 349 g/mol. The fraction of sp³-hybridized carbons (Fsp3) is 0.278. The van der Waals surface area contributed by atoms with Crippen LogP contribution in [0.4, 0.5) is 5.69 Å². The molecule has 0 unspecified atom stereocenters. The molecule has 0 aliphatic rings. The molecule has 0 saturated carbocycles. The van der Waals surface area contributed by atoms with Gasteiger partial charge in [-0.25, -0.2) is 4.79 Å². The van der Waals surface area contributed by atoms with Gasteiger partial charge in [-0.2, -0.15) is 0 Å². The number of carbonyl (C=O) groups is 1. The second-order valence-electron chi connectivity index (χ2n) is 4.96. The van der Waals surface area contributed by atoms with Crippen molar-refractivity contribution in [3.63, 3.8) is 0 Å². The molecule has 0 fully saturated rings. The van der Waals surface area contributed by atoms with Crippen LogP contribution in [0.1, 0.15) is 29.8 Å². The highest BCUT2D eigenvalue weighted by Gasteiger charge is 2.11. The molecule has 0 amide bonds. The topological polar surface area (TPSA) is 47.6 Å². The molecule has 24 heavy (non-hydrogen) atoms. The maximum absolute atomic E-state index is 11.6. The zero-order valence-electron chi connectivity index (χ0n) is 13.6. The zero-order valence-corrected chi connectivity index (χ0v) is 15.1. The van der Waals surface area contributed by atoms with Gasteiger partial charge in [0.05, 0.1) is 23.8 Å². The summed E-state index contributed by atoms with van der Waals surface area (Å²) in [6.07, 6.45) is 0. The molecule has 0 heterocycles. The van der Waals surface area contributed by atoms with Crippen molar-refractivity contribution < 1.29 is 14.3 Å². The largest absolute Gasteiger partial charge is 0.492 e. The highest BCUT2D eigenvalue weighted by molar-refractivity contribution is 6.35. The summed E-state index contributed by atoms with van der Waals surface area (Å²) in [4.78, 5) is 11.6. The third kappa shape index (κ3) is 4.79. The van der Waals surface area contributed by atoms with E-state index in [4.69, 9.17) is 32.7 Å². The predicted octanol–water partition coefficient (Wildman–Crippen LogP) is 5.18. The number of nitrogens with one attached hydrogen (secondary N) is 1. The van der Waals surface area contributed by atoms with Crippen molar-refractivity contribution in [1.82, 2.24) is 0 Å². The number of hydrogen-bond donors (Lipinski definition) is 1. The maximum Gasteiger partial charge on any atom is 0.338 e. The van der Waals surface area contributed by atoms with E-state index < -0.39 is 0 Å². The zero-order chi connectivity index (χ0) is 17.5. The Hall–Kier alpha value is -1.91. The minimum atomic E-state index is -0.329. The van der Waals surface area contributed by atoms with Crippen LogP contribution in [0.25, 0.3) is 0 Å². The van der Waals surface area contributed by atoms with E-state index in [2.05, 4.69) is 5.32 Å². The summed E-state index contributed by atoms with van der Waals surface area (Å²) in [5.41, 5.74) is 2.24. The first kappa shape index (κ1) is 18.4. The van der Waals surface area contributed by atoms with E-state index in [0.29, 0.717) is 41.1 Å². The van der Waals surface area contributed by atoms with Crippen LogP contribution in [0.15, 0.2) is 36.4 Å². The summed E-state index contributed by atoms with van der Waals surface area (Å²) < 4.78 is 10.6. The van der Waals surface area contributed by atoms with E-state index in [9.17, 15) is 4.79 Å².